The Morgan fingerprint density at radius 1 is 1.29 bits per heavy atom. The summed E-state index contributed by atoms with van der Waals surface area (Å²) in [5.41, 5.74) is 0.698. The van der Waals surface area contributed by atoms with Crippen LogP contribution in [0.1, 0.15) is 11.9 Å². The van der Waals surface area contributed by atoms with Gasteiger partial charge in [-0.2, -0.15) is 0 Å². The maximum absolute atomic E-state index is 13.1. The van der Waals surface area contributed by atoms with E-state index in [9.17, 15) is 8.78 Å². The van der Waals surface area contributed by atoms with Crippen molar-refractivity contribution in [2.45, 2.75) is 6.92 Å². The lowest BCUT2D eigenvalue weighted by Gasteiger charge is -1.88. The molecule has 0 aliphatic rings. The molecule has 0 aliphatic carbocycles. The van der Waals surface area contributed by atoms with Gasteiger partial charge in [0.25, 0.3) is 0 Å². The van der Waals surface area contributed by atoms with Crippen molar-refractivity contribution in [3.8, 4) is 0 Å². The zero-order valence-electron chi connectivity index (χ0n) is 7.42. The van der Waals surface area contributed by atoms with Gasteiger partial charge in [0, 0.05) is 0 Å². The molecule has 0 atom stereocenters. The van der Waals surface area contributed by atoms with Crippen molar-refractivity contribution in [2.24, 2.45) is 0 Å². The maximum atomic E-state index is 13.1. The van der Waals surface area contributed by atoms with E-state index in [0.29, 0.717) is 5.52 Å². The van der Waals surface area contributed by atoms with E-state index in [1.807, 2.05) is 18.2 Å². The number of hydrogen-bond acceptors (Lipinski definition) is 2. The minimum absolute atomic E-state index is 0.103. The van der Waals surface area contributed by atoms with Crippen LogP contribution in [0.25, 0.3) is 16.0 Å². The van der Waals surface area contributed by atoms with Crippen LogP contribution in [0.3, 0.4) is 0 Å². The summed E-state index contributed by atoms with van der Waals surface area (Å²) >= 11 is 1.15. The largest absolute Gasteiger partial charge is 0.233 e. The van der Waals surface area contributed by atoms with Gasteiger partial charge in [0.2, 0.25) is 0 Å². The fourth-order valence-electron chi connectivity index (χ4n) is 1.11. The van der Waals surface area contributed by atoms with E-state index in [1.54, 1.807) is 6.07 Å². The van der Waals surface area contributed by atoms with Gasteiger partial charge in [0.1, 0.15) is 5.83 Å². The van der Waals surface area contributed by atoms with Gasteiger partial charge in [-0.15, -0.1) is 11.3 Å². The quantitative estimate of drug-likeness (QED) is 0.696. The zero-order valence-corrected chi connectivity index (χ0v) is 8.24. The molecule has 1 nitrogen and oxygen atoms in total. The van der Waals surface area contributed by atoms with Crippen molar-refractivity contribution in [1.82, 2.24) is 4.98 Å². The van der Waals surface area contributed by atoms with Crippen LogP contribution in [-0.4, -0.2) is 4.98 Å². The third-order valence-corrected chi connectivity index (χ3v) is 2.81. The average Bonchev–Trinajstić information content (AvgIpc) is 2.59. The number of aromatic nitrogens is 1. The number of allylic oxidation sites excluding steroid dienone is 1. The van der Waals surface area contributed by atoms with Crippen LogP contribution in [0, 0.1) is 0 Å². The molecule has 4 heteroatoms. The number of halogens is 2. The Hall–Kier alpha value is -1.29. The number of nitrogens with zero attached hydrogens (tertiary/aromatic N) is 1. The average molecular weight is 211 g/mol. The Bertz CT molecular complexity index is 465. The van der Waals surface area contributed by atoms with Crippen LogP contribution in [0.2, 0.25) is 0 Å². The SMILES string of the molecule is CC(F)=C(F)c1nc2ccccc2s1. The van der Waals surface area contributed by atoms with Gasteiger partial charge in [-0.05, 0) is 19.1 Å². The summed E-state index contributed by atoms with van der Waals surface area (Å²) in [6.45, 7) is 1.08. The molecular weight excluding hydrogens is 204 g/mol. The van der Waals surface area contributed by atoms with E-state index in [-0.39, 0.29) is 5.01 Å². The van der Waals surface area contributed by atoms with Crippen molar-refractivity contribution in [1.29, 1.82) is 0 Å². The molecule has 0 radical (unpaired) electrons. The summed E-state index contributed by atoms with van der Waals surface area (Å²) < 4.78 is 26.6. The predicted octanol–water partition coefficient (Wildman–Crippen LogP) is 3.92. The van der Waals surface area contributed by atoms with Gasteiger partial charge in [0.05, 0.1) is 10.2 Å². The van der Waals surface area contributed by atoms with Gasteiger partial charge < -0.3 is 0 Å². The molecule has 1 aromatic heterocycles. The number of fused-ring (bicyclic) bond motifs is 1. The van der Waals surface area contributed by atoms with Crippen molar-refractivity contribution in [3.63, 3.8) is 0 Å². The van der Waals surface area contributed by atoms with Crippen LogP contribution < -0.4 is 0 Å². The van der Waals surface area contributed by atoms with Crippen LogP contribution in [0.4, 0.5) is 8.78 Å². The molecule has 1 aromatic carbocycles. The Morgan fingerprint density at radius 2 is 2.00 bits per heavy atom. The minimum Gasteiger partial charge on any atom is -0.233 e. The Morgan fingerprint density at radius 3 is 2.64 bits per heavy atom. The lowest BCUT2D eigenvalue weighted by molar-refractivity contribution is 0.606. The predicted molar refractivity (Wildman–Crippen MR) is 54.4 cm³/mol. The fourth-order valence-corrected chi connectivity index (χ4v) is 2.06. The van der Waals surface area contributed by atoms with Gasteiger partial charge in [-0.1, -0.05) is 12.1 Å². The van der Waals surface area contributed by atoms with E-state index in [4.69, 9.17) is 0 Å². The number of benzene rings is 1. The van der Waals surface area contributed by atoms with Crippen LogP contribution >= 0.6 is 11.3 Å². The summed E-state index contributed by atoms with van der Waals surface area (Å²) in [5.74, 6) is -1.70. The Kier molecular flexibility index (Phi) is 2.29. The first-order chi connectivity index (χ1) is 6.68. The molecule has 72 valence electrons. The van der Waals surface area contributed by atoms with Gasteiger partial charge in [-0.3, -0.25) is 0 Å². The lowest BCUT2D eigenvalue weighted by Crippen LogP contribution is -1.76. The van der Waals surface area contributed by atoms with Gasteiger partial charge >= 0.3 is 0 Å². The molecule has 0 N–H and O–H groups in total. The standard InChI is InChI=1S/C10H7F2NS/c1-6(11)9(12)10-13-7-4-2-3-5-8(7)14-10/h2-5H,1H3. The molecule has 0 unspecified atom stereocenters. The van der Waals surface area contributed by atoms with E-state index >= 15 is 0 Å². The van der Waals surface area contributed by atoms with Crippen molar-refractivity contribution >= 4 is 27.4 Å². The van der Waals surface area contributed by atoms with Crippen LogP contribution in [0.5, 0.6) is 0 Å². The third kappa shape index (κ3) is 1.53. The molecule has 0 saturated heterocycles. The molecule has 0 aliphatic heterocycles. The van der Waals surface area contributed by atoms with Gasteiger partial charge in [0.15, 0.2) is 10.8 Å². The number of rotatable bonds is 1. The van der Waals surface area contributed by atoms with E-state index in [1.165, 1.54) is 0 Å². The highest BCUT2D eigenvalue weighted by atomic mass is 32.1. The van der Waals surface area contributed by atoms with Crippen molar-refractivity contribution < 1.29 is 8.78 Å². The highest BCUT2D eigenvalue weighted by molar-refractivity contribution is 7.19. The second kappa shape index (κ2) is 3.46. The maximum Gasteiger partial charge on any atom is 0.190 e. The van der Waals surface area contributed by atoms with E-state index in [0.717, 1.165) is 23.0 Å². The molecule has 14 heavy (non-hydrogen) atoms. The molecule has 0 spiro atoms. The molecule has 0 fully saturated rings. The molecule has 0 amide bonds. The van der Waals surface area contributed by atoms with E-state index in [2.05, 4.69) is 4.98 Å². The number of thiazole rings is 1. The van der Waals surface area contributed by atoms with Crippen molar-refractivity contribution in [2.75, 3.05) is 0 Å². The van der Waals surface area contributed by atoms with E-state index < -0.39 is 11.7 Å². The summed E-state index contributed by atoms with van der Waals surface area (Å²) in [6.07, 6.45) is 0. The summed E-state index contributed by atoms with van der Waals surface area (Å²) in [4.78, 5) is 3.98. The first-order valence-electron chi connectivity index (χ1n) is 4.06. The first-order valence-corrected chi connectivity index (χ1v) is 4.88. The topological polar surface area (TPSA) is 12.9 Å². The number of para-hydroxylation sites is 1. The normalized spacial score (nSPS) is 13.1. The summed E-state index contributed by atoms with van der Waals surface area (Å²) in [6, 6.07) is 7.26. The molecule has 2 rings (SSSR count). The van der Waals surface area contributed by atoms with Gasteiger partial charge in [-0.25, -0.2) is 13.8 Å². The van der Waals surface area contributed by atoms with Crippen LogP contribution in [-0.2, 0) is 0 Å². The molecule has 2 aromatic rings. The smallest absolute Gasteiger partial charge is 0.190 e. The highest BCUT2D eigenvalue weighted by Crippen LogP contribution is 2.29. The Labute approximate surface area is 83.7 Å². The zero-order chi connectivity index (χ0) is 10.1. The number of hydrogen-bond donors (Lipinski definition) is 0. The Balaban J connectivity index is 2.61. The lowest BCUT2D eigenvalue weighted by atomic mass is 10.3. The third-order valence-electron chi connectivity index (χ3n) is 1.78. The fraction of sp³-hybridized carbons (Fsp3) is 0.100. The molecule has 1 heterocycles. The second-order valence-electron chi connectivity index (χ2n) is 2.83. The summed E-state index contributed by atoms with van der Waals surface area (Å²) in [5, 5.41) is 0.103. The monoisotopic (exact) mass is 211 g/mol. The molecular formula is C10H7F2NS. The second-order valence-corrected chi connectivity index (χ2v) is 3.86. The summed E-state index contributed by atoms with van der Waals surface area (Å²) in [7, 11) is 0. The molecule has 0 bridgehead atoms. The molecule has 0 saturated carbocycles. The van der Waals surface area contributed by atoms with Crippen molar-refractivity contribution in [3.05, 3.63) is 35.1 Å². The first kappa shape index (κ1) is 9.27. The minimum atomic E-state index is -0.869. The van der Waals surface area contributed by atoms with Crippen LogP contribution in [0.15, 0.2) is 30.1 Å². The highest BCUT2D eigenvalue weighted by Gasteiger charge is 2.10.